The molecule has 0 radical (unpaired) electrons. The summed E-state index contributed by atoms with van der Waals surface area (Å²) in [6.07, 6.45) is 5.09. The van der Waals surface area contributed by atoms with Crippen molar-refractivity contribution < 1.29 is 0 Å². The van der Waals surface area contributed by atoms with Crippen molar-refractivity contribution in [2.45, 2.75) is 32.2 Å². The average Bonchev–Trinajstić information content (AvgIpc) is 2.59. The Morgan fingerprint density at radius 2 is 2.20 bits per heavy atom. The van der Waals surface area contributed by atoms with Gasteiger partial charge in [-0.25, -0.2) is 4.98 Å². The molecule has 2 rings (SSSR count). The first-order chi connectivity index (χ1) is 7.29. The lowest BCUT2D eigenvalue weighted by Gasteiger charge is -2.12. The molecule has 0 fully saturated rings. The molecule has 0 saturated heterocycles. The van der Waals surface area contributed by atoms with Crippen LogP contribution in [-0.4, -0.2) is 30.0 Å². The van der Waals surface area contributed by atoms with Gasteiger partial charge in [0.1, 0.15) is 5.01 Å². The highest BCUT2D eigenvalue weighted by molar-refractivity contribution is 7.11. The van der Waals surface area contributed by atoms with Gasteiger partial charge >= 0.3 is 0 Å². The molecule has 0 saturated carbocycles. The lowest BCUT2D eigenvalue weighted by atomic mass is 10.0. The summed E-state index contributed by atoms with van der Waals surface area (Å²) in [4.78, 5) is 8.47. The van der Waals surface area contributed by atoms with Crippen LogP contribution in [0.1, 0.15) is 28.4 Å². The van der Waals surface area contributed by atoms with Crippen molar-refractivity contribution in [3.63, 3.8) is 0 Å². The molecule has 0 spiro atoms. The highest BCUT2D eigenvalue weighted by Gasteiger charge is 2.15. The first kappa shape index (κ1) is 11.0. The molecule has 2 N–H and O–H groups in total. The number of nitrogens with zero attached hydrogens (tertiary/aromatic N) is 2. The smallest absolute Gasteiger partial charge is 0.107 e. The summed E-state index contributed by atoms with van der Waals surface area (Å²) in [5, 5.41) is 1.26. The van der Waals surface area contributed by atoms with E-state index in [1.165, 1.54) is 41.3 Å². The fraction of sp³-hybridized carbons (Fsp3) is 0.727. The average molecular weight is 225 g/mol. The minimum absolute atomic E-state index is 0.724. The molecule has 1 aromatic rings. The van der Waals surface area contributed by atoms with Gasteiger partial charge in [0, 0.05) is 18.0 Å². The van der Waals surface area contributed by atoms with Gasteiger partial charge < -0.3 is 5.73 Å². The van der Waals surface area contributed by atoms with Gasteiger partial charge in [-0.15, -0.1) is 11.3 Å². The van der Waals surface area contributed by atoms with Gasteiger partial charge in [-0.1, -0.05) is 0 Å². The van der Waals surface area contributed by atoms with Gasteiger partial charge in [-0.3, -0.25) is 4.90 Å². The zero-order valence-electron chi connectivity index (χ0n) is 9.33. The Morgan fingerprint density at radius 3 is 2.93 bits per heavy atom. The molecular formula is C11H19N3S. The summed E-state index contributed by atoms with van der Waals surface area (Å²) in [5.74, 6) is 0. The molecule has 0 amide bonds. The number of hydrogen-bond donors (Lipinski definition) is 1. The Hall–Kier alpha value is -0.450. The Kier molecular flexibility index (Phi) is 3.72. The lowest BCUT2D eigenvalue weighted by molar-refractivity contribution is 0.335. The van der Waals surface area contributed by atoms with E-state index in [-0.39, 0.29) is 0 Å². The number of thiazole rings is 1. The van der Waals surface area contributed by atoms with Crippen molar-refractivity contribution in [1.29, 1.82) is 0 Å². The van der Waals surface area contributed by atoms with Crippen molar-refractivity contribution in [1.82, 2.24) is 9.88 Å². The van der Waals surface area contributed by atoms with E-state index in [1.54, 1.807) is 0 Å². The number of aromatic nitrogens is 1. The van der Waals surface area contributed by atoms with Crippen molar-refractivity contribution in [3.8, 4) is 0 Å². The van der Waals surface area contributed by atoms with Crippen molar-refractivity contribution in [3.05, 3.63) is 15.6 Å². The number of aryl methyl sites for hydroxylation is 2. The summed E-state index contributed by atoms with van der Waals surface area (Å²) >= 11 is 1.90. The summed E-state index contributed by atoms with van der Waals surface area (Å²) in [6.45, 7) is 2.63. The molecule has 3 nitrogen and oxygen atoms in total. The molecule has 0 unspecified atom stereocenters. The number of nitrogens with two attached hydrogens (primary N) is 1. The quantitative estimate of drug-likeness (QED) is 0.842. The third kappa shape index (κ3) is 2.77. The molecule has 0 atom stereocenters. The maximum absolute atomic E-state index is 5.52. The van der Waals surface area contributed by atoms with Gasteiger partial charge in [0.15, 0.2) is 0 Å². The fourth-order valence-electron chi connectivity index (χ4n) is 2.00. The lowest BCUT2D eigenvalue weighted by Crippen LogP contribution is -2.24. The molecule has 15 heavy (non-hydrogen) atoms. The van der Waals surface area contributed by atoms with Crippen LogP contribution in [0.15, 0.2) is 0 Å². The molecule has 1 heterocycles. The first-order valence-electron chi connectivity index (χ1n) is 5.65. The van der Waals surface area contributed by atoms with E-state index in [0.717, 1.165) is 19.6 Å². The minimum Gasteiger partial charge on any atom is -0.329 e. The molecule has 84 valence electrons. The summed E-state index contributed by atoms with van der Waals surface area (Å²) in [7, 11) is 2.10. The van der Waals surface area contributed by atoms with E-state index in [4.69, 9.17) is 10.7 Å². The van der Waals surface area contributed by atoms with E-state index in [2.05, 4.69) is 11.9 Å². The summed E-state index contributed by atoms with van der Waals surface area (Å²) < 4.78 is 0. The van der Waals surface area contributed by atoms with Crippen LogP contribution in [0.4, 0.5) is 0 Å². The van der Waals surface area contributed by atoms with E-state index in [0.29, 0.717) is 0 Å². The predicted molar refractivity (Wildman–Crippen MR) is 64.1 cm³/mol. The van der Waals surface area contributed by atoms with Crippen LogP contribution < -0.4 is 5.73 Å². The normalized spacial score (nSPS) is 15.7. The first-order valence-corrected chi connectivity index (χ1v) is 6.47. The molecule has 1 aromatic heterocycles. The Labute approximate surface area is 95.3 Å². The monoisotopic (exact) mass is 225 g/mol. The third-order valence-corrected chi connectivity index (χ3v) is 3.95. The number of fused-ring (bicyclic) bond motifs is 1. The zero-order valence-corrected chi connectivity index (χ0v) is 10.1. The summed E-state index contributed by atoms with van der Waals surface area (Å²) in [5.41, 5.74) is 6.89. The zero-order chi connectivity index (χ0) is 10.7. The highest BCUT2D eigenvalue weighted by atomic mass is 32.1. The highest BCUT2D eigenvalue weighted by Crippen LogP contribution is 2.27. The van der Waals surface area contributed by atoms with Crippen LogP contribution in [-0.2, 0) is 19.4 Å². The largest absolute Gasteiger partial charge is 0.329 e. The molecule has 0 aromatic carbocycles. The van der Waals surface area contributed by atoms with Gasteiger partial charge in [0.25, 0.3) is 0 Å². The van der Waals surface area contributed by atoms with E-state index in [9.17, 15) is 0 Å². The van der Waals surface area contributed by atoms with Crippen LogP contribution in [0.3, 0.4) is 0 Å². The van der Waals surface area contributed by atoms with Crippen LogP contribution in [0, 0.1) is 0 Å². The van der Waals surface area contributed by atoms with Crippen LogP contribution in [0.2, 0.25) is 0 Å². The summed E-state index contributed by atoms with van der Waals surface area (Å²) in [6, 6.07) is 0. The van der Waals surface area contributed by atoms with Crippen molar-refractivity contribution >= 4 is 11.3 Å². The molecule has 1 aliphatic rings. The maximum atomic E-state index is 5.52. The number of hydrogen-bond acceptors (Lipinski definition) is 4. The standard InChI is InChI=1S/C11H19N3S/c1-14(7-6-12)8-11-13-9-4-2-3-5-10(9)15-11/h2-8,12H2,1H3. The van der Waals surface area contributed by atoms with Gasteiger partial charge in [0.05, 0.1) is 12.2 Å². The second-order valence-electron chi connectivity index (χ2n) is 4.21. The van der Waals surface area contributed by atoms with Gasteiger partial charge in [-0.05, 0) is 32.7 Å². The Bertz CT molecular complexity index is 298. The second kappa shape index (κ2) is 5.05. The Morgan fingerprint density at radius 1 is 1.40 bits per heavy atom. The molecule has 4 heteroatoms. The van der Waals surface area contributed by atoms with E-state index >= 15 is 0 Å². The predicted octanol–water partition coefficient (Wildman–Crippen LogP) is 1.41. The minimum atomic E-state index is 0.724. The SMILES string of the molecule is CN(CCN)Cc1nc2c(s1)CCCC2. The fourth-order valence-corrected chi connectivity index (χ4v) is 3.24. The molecule has 0 bridgehead atoms. The van der Waals surface area contributed by atoms with Crippen LogP contribution >= 0.6 is 11.3 Å². The number of rotatable bonds is 4. The molecular weight excluding hydrogens is 206 g/mol. The van der Waals surface area contributed by atoms with E-state index < -0.39 is 0 Å². The van der Waals surface area contributed by atoms with E-state index in [1.807, 2.05) is 11.3 Å². The van der Waals surface area contributed by atoms with Crippen LogP contribution in [0.25, 0.3) is 0 Å². The Balaban J connectivity index is 2.00. The molecule has 1 aliphatic carbocycles. The topological polar surface area (TPSA) is 42.1 Å². The third-order valence-electron chi connectivity index (χ3n) is 2.81. The van der Waals surface area contributed by atoms with Crippen molar-refractivity contribution in [2.24, 2.45) is 5.73 Å². The van der Waals surface area contributed by atoms with Gasteiger partial charge in [0.2, 0.25) is 0 Å². The second-order valence-corrected chi connectivity index (χ2v) is 5.38. The van der Waals surface area contributed by atoms with Gasteiger partial charge in [-0.2, -0.15) is 0 Å². The number of likely N-dealkylation sites (N-methyl/N-ethyl adjacent to an activating group) is 1. The maximum Gasteiger partial charge on any atom is 0.107 e. The van der Waals surface area contributed by atoms with Crippen molar-refractivity contribution in [2.75, 3.05) is 20.1 Å². The molecule has 0 aliphatic heterocycles. The van der Waals surface area contributed by atoms with Crippen LogP contribution in [0.5, 0.6) is 0 Å².